The average molecular weight is 316 g/mol. The Morgan fingerprint density at radius 1 is 1.35 bits per heavy atom. The molecule has 0 saturated carbocycles. The van der Waals surface area contributed by atoms with Gasteiger partial charge in [-0.15, -0.1) is 0 Å². The minimum Gasteiger partial charge on any atom is -0.379 e. The lowest BCUT2D eigenvalue weighted by molar-refractivity contribution is -0.0865. The van der Waals surface area contributed by atoms with Gasteiger partial charge in [-0.05, 0) is 49.3 Å². The summed E-state index contributed by atoms with van der Waals surface area (Å²) in [5, 5.41) is 3.74. The van der Waals surface area contributed by atoms with Gasteiger partial charge in [0, 0.05) is 12.6 Å². The lowest BCUT2D eigenvalue weighted by atomic mass is 9.85. The molecular weight excluding hydrogens is 297 g/mol. The van der Waals surface area contributed by atoms with Crippen LogP contribution in [0.3, 0.4) is 0 Å². The maximum Gasteiger partial charge on any atom is 0.147 e. The highest BCUT2D eigenvalue weighted by molar-refractivity contribution is 7.99. The van der Waals surface area contributed by atoms with Crippen LogP contribution in [0.15, 0.2) is 18.2 Å². The van der Waals surface area contributed by atoms with E-state index < -0.39 is 0 Å². The first-order chi connectivity index (χ1) is 9.69. The van der Waals surface area contributed by atoms with Crippen molar-refractivity contribution in [1.82, 2.24) is 0 Å². The summed E-state index contributed by atoms with van der Waals surface area (Å²) in [6.45, 7) is 0.744. The van der Waals surface area contributed by atoms with E-state index in [-0.39, 0.29) is 17.5 Å². The van der Waals surface area contributed by atoms with Gasteiger partial charge in [0.2, 0.25) is 0 Å². The number of benzene rings is 1. The first-order valence-electron chi connectivity index (χ1n) is 7.11. The number of anilines is 1. The van der Waals surface area contributed by atoms with Crippen molar-refractivity contribution < 1.29 is 9.13 Å². The fourth-order valence-electron chi connectivity index (χ4n) is 3.08. The number of halogens is 2. The molecule has 0 radical (unpaired) electrons. The summed E-state index contributed by atoms with van der Waals surface area (Å²) in [4.78, 5) is 0. The number of rotatable bonds is 2. The van der Waals surface area contributed by atoms with E-state index in [9.17, 15) is 4.39 Å². The molecule has 5 heteroatoms. The van der Waals surface area contributed by atoms with Gasteiger partial charge in [0.05, 0.1) is 16.3 Å². The first kappa shape index (κ1) is 14.5. The third-order valence-corrected chi connectivity index (χ3v) is 5.51. The van der Waals surface area contributed by atoms with Crippen molar-refractivity contribution >= 4 is 29.1 Å². The van der Waals surface area contributed by atoms with Crippen LogP contribution in [0.1, 0.15) is 25.7 Å². The van der Waals surface area contributed by atoms with E-state index >= 15 is 0 Å². The SMILES string of the molecule is Fc1cccc(Cl)c1NC1CCOC2(CCSCC2)C1. The molecule has 1 aromatic carbocycles. The first-order valence-corrected chi connectivity index (χ1v) is 8.64. The fraction of sp³-hybridized carbons (Fsp3) is 0.600. The molecule has 0 aromatic heterocycles. The smallest absolute Gasteiger partial charge is 0.147 e. The van der Waals surface area contributed by atoms with Crippen LogP contribution in [0, 0.1) is 5.82 Å². The van der Waals surface area contributed by atoms with Crippen molar-refractivity contribution in [1.29, 1.82) is 0 Å². The summed E-state index contributed by atoms with van der Waals surface area (Å²) in [5.74, 6) is 2.04. The zero-order valence-electron chi connectivity index (χ0n) is 11.3. The van der Waals surface area contributed by atoms with E-state index in [1.54, 1.807) is 12.1 Å². The molecule has 2 aliphatic heterocycles. The Kier molecular flexibility index (Phi) is 4.43. The molecule has 2 nitrogen and oxygen atoms in total. The molecule has 1 N–H and O–H groups in total. The number of thioether (sulfide) groups is 1. The summed E-state index contributed by atoms with van der Waals surface area (Å²) in [5.41, 5.74) is 0.431. The normalized spacial score (nSPS) is 25.6. The Balaban J connectivity index is 1.71. The Labute approximate surface area is 128 Å². The highest BCUT2D eigenvalue weighted by Gasteiger charge is 2.38. The Morgan fingerprint density at radius 3 is 2.90 bits per heavy atom. The van der Waals surface area contributed by atoms with Crippen LogP contribution in [-0.2, 0) is 4.74 Å². The van der Waals surface area contributed by atoms with Crippen molar-refractivity contribution in [2.24, 2.45) is 0 Å². The Morgan fingerprint density at radius 2 is 2.15 bits per heavy atom. The quantitative estimate of drug-likeness (QED) is 0.877. The minimum atomic E-state index is -0.280. The molecule has 1 spiro atoms. The monoisotopic (exact) mass is 315 g/mol. The molecule has 110 valence electrons. The maximum absolute atomic E-state index is 13.9. The highest BCUT2D eigenvalue weighted by Crippen LogP contribution is 2.39. The third-order valence-electron chi connectivity index (χ3n) is 4.21. The molecule has 1 unspecified atom stereocenters. The number of ether oxygens (including phenoxy) is 1. The number of nitrogens with one attached hydrogen (secondary N) is 1. The molecule has 0 amide bonds. The fourth-order valence-corrected chi connectivity index (χ4v) is 4.54. The van der Waals surface area contributed by atoms with Crippen LogP contribution in [0.5, 0.6) is 0 Å². The van der Waals surface area contributed by atoms with E-state index in [1.165, 1.54) is 6.07 Å². The standard InChI is InChI=1S/C15H19ClFNOS/c16-12-2-1-3-13(17)14(12)18-11-4-7-19-15(10-11)5-8-20-9-6-15/h1-3,11,18H,4-10H2. The van der Waals surface area contributed by atoms with Crippen LogP contribution in [0.2, 0.25) is 5.02 Å². The van der Waals surface area contributed by atoms with Crippen LogP contribution in [0.4, 0.5) is 10.1 Å². The van der Waals surface area contributed by atoms with Crippen molar-refractivity contribution in [3.63, 3.8) is 0 Å². The van der Waals surface area contributed by atoms with Crippen LogP contribution in [0.25, 0.3) is 0 Å². The molecule has 20 heavy (non-hydrogen) atoms. The second-order valence-electron chi connectivity index (χ2n) is 5.57. The zero-order chi connectivity index (χ0) is 14.0. The lowest BCUT2D eigenvalue weighted by Gasteiger charge is -2.43. The minimum absolute atomic E-state index is 0.00109. The highest BCUT2D eigenvalue weighted by atomic mass is 35.5. The predicted molar refractivity (Wildman–Crippen MR) is 83.3 cm³/mol. The largest absolute Gasteiger partial charge is 0.379 e. The van der Waals surface area contributed by atoms with Gasteiger partial charge in [-0.25, -0.2) is 4.39 Å². The molecular formula is C15H19ClFNOS. The summed E-state index contributed by atoms with van der Waals surface area (Å²) in [6, 6.07) is 5.04. The molecule has 0 aliphatic carbocycles. The van der Waals surface area contributed by atoms with E-state index in [1.807, 2.05) is 11.8 Å². The second kappa shape index (κ2) is 6.12. The van der Waals surface area contributed by atoms with Gasteiger partial charge in [0.15, 0.2) is 0 Å². The van der Waals surface area contributed by atoms with Gasteiger partial charge >= 0.3 is 0 Å². The number of para-hydroxylation sites is 1. The lowest BCUT2D eigenvalue weighted by Crippen LogP contribution is -2.46. The molecule has 0 bridgehead atoms. The van der Waals surface area contributed by atoms with E-state index in [0.717, 1.165) is 43.8 Å². The van der Waals surface area contributed by atoms with E-state index in [0.29, 0.717) is 10.7 Å². The second-order valence-corrected chi connectivity index (χ2v) is 7.21. The molecule has 2 heterocycles. The number of hydrogen-bond donors (Lipinski definition) is 1. The van der Waals surface area contributed by atoms with Crippen molar-refractivity contribution in [3.05, 3.63) is 29.0 Å². The Bertz CT molecular complexity index is 453. The van der Waals surface area contributed by atoms with E-state index in [4.69, 9.17) is 16.3 Å². The van der Waals surface area contributed by atoms with Crippen LogP contribution in [-0.4, -0.2) is 29.8 Å². The Hall–Kier alpha value is -0.450. The van der Waals surface area contributed by atoms with Gasteiger partial charge in [-0.3, -0.25) is 0 Å². The van der Waals surface area contributed by atoms with Crippen molar-refractivity contribution in [2.45, 2.75) is 37.3 Å². The topological polar surface area (TPSA) is 21.3 Å². The van der Waals surface area contributed by atoms with Crippen LogP contribution < -0.4 is 5.32 Å². The summed E-state index contributed by atoms with van der Waals surface area (Å²) in [7, 11) is 0. The van der Waals surface area contributed by atoms with Crippen LogP contribution >= 0.6 is 23.4 Å². The molecule has 3 rings (SSSR count). The molecule has 2 fully saturated rings. The number of hydrogen-bond acceptors (Lipinski definition) is 3. The predicted octanol–water partition coefficient (Wildman–Crippen LogP) is 4.34. The van der Waals surface area contributed by atoms with Gasteiger partial charge in [0.25, 0.3) is 0 Å². The van der Waals surface area contributed by atoms with E-state index in [2.05, 4.69) is 5.32 Å². The van der Waals surface area contributed by atoms with Gasteiger partial charge < -0.3 is 10.1 Å². The van der Waals surface area contributed by atoms with Gasteiger partial charge in [-0.1, -0.05) is 17.7 Å². The maximum atomic E-state index is 13.9. The average Bonchev–Trinajstić information content (AvgIpc) is 2.44. The summed E-state index contributed by atoms with van der Waals surface area (Å²) >= 11 is 8.08. The van der Waals surface area contributed by atoms with Crippen molar-refractivity contribution in [3.8, 4) is 0 Å². The summed E-state index contributed by atoms with van der Waals surface area (Å²) in [6.07, 6.45) is 4.04. The molecule has 2 saturated heterocycles. The molecule has 2 aliphatic rings. The third kappa shape index (κ3) is 3.07. The zero-order valence-corrected chi connectivity index (χ0v) is 12.9. The molecule has 1 aromatic rings. The van der Waals surface area contributed by atoms with Crippen molar-refractivity contribution in [2.75, 3.05) is 23.4 Å². The van der Waals surface area contributed by atoms with Gasteiger partial charge in [0.1, 0.15) is 5.82 Å². The van der Waals surface area contributed by atoms with Gasteiger partial charge in [-0.2, -0.15) is 11.8 Å². The summed E-state index contributed by atoms with van der Waals surface area (Å²) < 4.78 is 19.9. The molecule has 1 atom stereocenters.